The molecule has 0 spiro atoms. The van der Waals surface area contributed by atoms with Crippen LogP contribution in [0.3, 0.4) is 0 Å². The number of primary amides is 1. The number of hydrogen-bond donors (Lipinski definition) is 1. The Balaban J connectivity index is 1.70. The number of carbonyl (C=O) groups excluding carboxylic acids is 1. The second-order valence-electron chi connectivity index (χ2n) is 7.40. The number of ether oxygens (including phenoxy) is 4. The Hall–Kier alpha value is -4.46. The zero-order chi connectivity index (χ0) is 24.2. The van der Waals surface area contributed by atoms with Gasteiger partial charge in [0.15, 0.2) is 11.5 Å². The molecule has 0 saturated heterocycles. The van der Waals surface area contributed by atoms with Crippen LogP contribution >= 0.6 is 0 Å². The van der Waals surface area contributed by atoms with E-state index in [1.165, 1.54) is 27.6 Å². The Morgan fingerprint density at radius 1 is 0.882 bits per heavy atom. The van der Waals surface area contributed by atoms with Crippen LogP contribution in [0.4, 0.5) is 0 Å². The largest absolute Gasteiger partial charge is 0.496 e. The first-order chi connectivity index (χ1) is 16.4. The summed E-state index contributed by atoms with van der Waals surface area (Å²) in [6.07, 6.45) is 1.40. The third kappa shape index (κ3) is 4.38. The number of amides is 1. The minimum atomic E-state index is -0.494. The first kappa shape index (κ1) is 22.7. The Morgan fingerprint density at radius 3 is 2.26 bits per heavy atom. The van der Waals surface area contributed by atoms with Crippen molar-refractivity contribution in [2.24, 2.45) is 5.73 Å². The molecule has 0 aliphatic carbocycles. The first-order valence-electron chi connectivity index (χ1n) is 10.3. The van der Waals surface area contributed by atoms with E-state index in [-0.39, 0.29) is 12.0 Å². The van der Waals surface area contributed by atoms with Crippen LogP contribution in [-0.4, -0.2) is 27.2 Å². The van der Waals surface area contributed by atoms with Gasteiger partial charge < -0.3 is 29.1 Å². The van der Waals surface area contributed by atoms with E-state index in [2.05, 4.69) is 0 Å². The quantitative estimate of drug-likeness (QED) is 0.419. The third-order valence-corrected chi connectivity index (χ3v) is 5.38. The maximum atomic E-state index is 13.3. The minimum Gasteiger partial charge on any atom is -0.496 e. The number of rotatable bonds is 8. The predicted molar refractivity (Wildman–Crippen MR) is 127 cm³/mol. The van der Waals surface area contributed by atoms with Gasteiger partial charge in [-0.25, -0.2) is 0 Å². The highest BCUT2D eigenvalue weighted by Gasteiger charge is 2.17. The van der Waals surface area contributed by atoms with Gasteiger partial charge in [-0.3, -0.25) is 9.59 Å². The molecular weight excluding hydrogens is 438 g/mol. The van der Waals surface area contributed by atoms with Gasteiger partial charge in [-0.05, 0) is 35.4 Å². The molecule has 0 unspecified atom stereocenters. The molecule has 0 radical (unpaired) electrons. The molecule has 8 heteroatoms. The van der Waals surface area contributed by atoms with Gasteiger partial charge in [0.2, 0.25) is 11.3 Å². The molecule has 0 fully saturated rings. The van der Waals surface area contributed by atoms with Crippen molar-refractivity contribution in [3.05, 3.63) is 82.2 Å². The van der Waals surface area contributed by atoms with Crippen LogP contribution in [-0.2, 0) is 6.61 Å². The molecule has 0 saturated carbocycles. The van der Waals surface area contributed by atoms with Gasteiger partial charge in [-0.2, -0.15) is 0 Å². The van der Waals surface area contributed by atoms with E-state index in [4.69, 9.17) is 29.1 Å². The summed E-state index contributed by atoms with van der Waals surface area (Å²) in [6.45, 7) is 0.221. The van der Waals surface area contributed by atoms with Crippen molar-refractivity contribution in [2.45, 2.75) is 6.61 Å². The van der Waals surface area contributed by atoms with Crippen LogP contribution in [0.5, 0.6) is 23.0 Å². The number of nitrogens with two attached hydrogens (primary N) is 1. The number of carbonyl (C=O) groups is 1. The predicted octanol–water partition coefficient (Wildman–Crippen LogP) is 4.16. The van der Waals surface area contributed by atoms with Gasteiger partial charge in [0, 0.05) is 17.7 Å². The minimum absolute atomic E-state index is 0.221. The van der Waals surface area contributed by atoms with Gasteiger partial charge in [0.25, 0.3) is 0 Å². The molecule has 1 heterocycles. The van der Waals surface area contributed by atoms with E-state index in [1.807, 2.05) is 0 Å². The lowest BCUT2D eigenvalue weighted by Gasteiger charge is -2.13. The molecule has 3 aromatic carbocycles. The second-order valence-corrected chi connectivity index (χ2v) is 7.40. The van der Waals surface area contributed by atoms with Crippen molar-refractivity contribution < 1.29 is 28.2 Å². The molecule has 0 aliphatic heterocycles. The molecule has 0 atom stereocenters. The Morgan fingerprint density at radius 2 is 1.62 bits per heavy atom. The fourth-order valence-corrected chi connectivity index (χ4v) is 3.55. The Bertz CT molecular complexity index is 1410. The maximum absolute atomic E-state index is 13.3. The summed E-state index contributed by atoms with van der Waals surface area (Å²) in [5, 5.41) is 0.314. The fourth-order valence-electron chi connectivity index (χ4n) is 3.55. The zero-order valence-corrected chi connectivity index (χ0v) is 18.9. The fraction of sp³-hybridized carbons (Fsp3) is 0.154. The van der Waals surface area contributed by atoms with E-state index in [9.17, 15) is 9.59 Å². The molecular formula is C26H23NO7. The van der Waals surface area contributed by atoms with Gasteiger partial charge in [-0.1, -0.05) is 18.2 Å². The van der Waals surface area contributed by atoms with Crippen LogP contribution in [0.25, 0.3) is 22.1 Å². The topological polar surface area (TPSA) is 110 Å². The van der Waals surface area contributed by atoms with Crippen molar-refractivity contribution in [3.8, 4) is 34.1 Å². The number of methoxy groups -OCH3 is 3. The van der Waals surface area contributed by atoms with Crippen LogP contribution in [0, 0.1) is 0 Å². The Labute approximate surface area is 195 Å². The summed E-state index contributed by atoms with van der Waals surface area (Å²) in [5.74, 6) is 1.33. The van der Waals surface area contributed by atoms with Crippen LogP contribution in [0.1, 0.15) is 15.9 Å². The van der Waals surface area contributed by atoms with Crippen molar-refractivity contribution in [1.29, 1.82) is 0 Å². The molecule has 4 aromatic rings. The van der Waals surface area contributed by atoms with E-state index < -0.39 is 5.91 Å². The van der Waals surface area contributed by atoms with Crippen molar-refractivity contribution in [3.63, 3.8) is 0 Å². The summed E-state index contributed by atoms with van der Waals surface area (Å²) >= 11 is 0. The molecule has 0 bridgehead atoms. The lowest BCUT2D eigenvalue weighted by Crippen LogP contribution is -2.10. The highest BCUT2D eigenvalue weighted by molar-refractivity contribution is 5.92. The summed E-state index contributed by atoms with van der Waals surface area (Å²) in [6, 6.07) is 15.2. The van der Waals surface area contributed by atoms with Crippen molar-refractivity contribution in [1.82, 2.24) is 0 Å². The molecule has 4 rings (SSSR count). The Kier molecular flexibility index (Phi) is 6.40. The number of hydrogen-bond acceptors (Lipinski definition) is 7. The average Bonchev–Trinajstić information content (AvgIpc) is 2.87. The van der Waals surface area contributed by atoms with Gasteiger partial charge in [0.05, 0.1) is 26.9 Å². The molecule has 8 nitrogen and oxygen atoms in total. The van der Waals surface area contributed by atoms with Gasteiger partial charge in [-0.15, -0.1) is 0 Å². The molecule has 0 aliphatic rings. The number of fused-ring (bicyclic) bond motifs is 1. The lowest BCUT2D eigenvalue weighted by molar-refractivity contribution is 0.1000. The zero-order valence-electron chi connectivity index (χ0n) is 18.9. The van der Waals surface area contributed by atoms with Gasteiger partial charge >= 0.3 is 0 Å². The standard InChI is InChI=1S/C26H23NO7/c1-30-18-11-22(32-3)24-23(12-18)34-14-19(25(24)28)17-8-9-20(31-2)21(10-17)33-13-15-4-6-16(7-5-15)26(27)29/h4-12,14H,13H2,1-3H3,(H2,27,29). The first-order valence-corrected chi connectivity index (χ1v) is 10.3. The van der Waals surface area contributed by atoms with Crippen molar-refractivity contribution >= 4 is 16.9 Å². The van der Waals surface area contributed by atoms with E-state index in [0.29, 0.717) is 50.7 Å². The normalized spacial score (nSPS) is 10.7. The van der Waals surface area contributed by atoms with E-state index in [1.54, 1.807) is 54.6 Å². The third-order valence-electron chi connectivity index (χ3n) is 5.38. The highest BCUT2D eigenvalue weighted by Crippen LogP contribution is 2.35. The highest BCUT2D eigenvalue weighted by atomic mass is 16.5. The molecule has 174 valence electrons. The average molecular weight is 461 g/mol. The van der Waals surface area contributed by atoms with Crippen LogP contribution in [0.2, 0.25) is 0 Å². The van der Waals surface area contributed by atoms with Crippen LogP contribution in [0.15, 0.2) is 70.1 Å². The maximum Gasteiger partial charge on any atom is 0.248 e. The van der Waals surface area contributed by atoms with Crippen LogP contribution < -0.4 is 30.1 Å². The monoisotopic (exact) mass is 461 g/mol. The molecule has 34 heavy (non-hydrogen) atoms. The molecule has 1 aromatic heterocycles. The van der Waals surface area contributed by atoms with Crippen molar-refractivity contribution in [2.75, 3.05) is 21.3 Å². The van der Waals surface area contributed by atoms with E-state index >= 15 is 0 Å². The molecule has 2 N–H and O–H groups in total. The van der Waals surface area contributed by atoms with E-state index in [0.717, 1.165) is 5.56 Å². The summed E-state index contributed by atoms with van der Waals surface area (Å²) < 4.78 is 27.8. The smallest absolute Gasteiger partial charge is 0.248 e. The van der Waals surface area contributed by atoms with Gasteiger partial charge in [0.1, 0.15) is 35.3 Å². The molecule has 1 amide bonds. The second kappa shape index (κ2) is 9.58. The summed E-state index contributed by atoms with van der Waals surface area (Å²) in [7, 11) is 4.54. The lowest BCUT2D eigenvalue weighted by atomic mass is 10.0. The summed E-state index contributed by atoms with van der Waals surface area (Å²) in [4.78, 5) is 24.6. The SMILES string of the molecule is COc1cc(OC)c2c(=O)c(-c3ccc(OC)c(OCc4ccc(C(N)=O)cc4)c3)coc2c1. The summed E-state index contributed by atoms with van der Waals surface area (Å²) in [5.41, 5.74) is 7.57. The number of benzene rings is 3.